The fourth-order valence-corrected chi connectivity index (χ4v) is 4.34. The minimum atomic E-state index is -3.35. The Bertz CT molecular complexity index is 384. The van der Waals surface area contributed by atoms with Crippen LogP contribution in [0.25, 0.3) is 0 Å². The highest BCUT2D eigenvalue weighted by Crippen LogP contribution is 2.36. The summed E-state index contributed by atoms with van der Waals surface area (Å²) >= 11 is 0. The first-order chi connectivity index (χ1) is 8.32. The largest absolute Gasteiger partial charge is 0.373 e. The van der Waals surface area contributed by atoms with Crippen LogP contribution >= 0.6 is 0 Å². The molecule has 1 heterocycles. The van der Waals surface area contributed by atoms with Crippen molar-refractivity contribution < 1.29 is 13.2 Å². The smallest absolute Gasteiger partial charge is 0.282 e. The lowest BCUT2D eigenvalue weighted by Gasteiger charge is -2.37. The van der Waals surface area contributed by atoms with Crippen molar-refractivity contribution in [1.29, 1.82) is 0 Å². The van der Waals surface area contributed by atoms with E-state index in [1.165, 1.54) is 4.31 Å². The van der Waals surface area contributed by atoms with E-state index in [0.29, 0.717) is 19.0 Å². The van der Waals surface area contributed by atoms with Crippen molar-refractivity contribution in [2.75, 3.05) is 20.1 Å². The number of hydrogen-bond acceptors (Lipinski definition) is 3. The molecule has 0 aromatic rings. The maximum atomic E-state index is 12.5. The molecule has 0 radical (unpaired) electrons. The molecule has 18 heavy (non-hydrogen) atoms. The fourth-order valence-electron chi connectivity index (χ4n) is 2.59. The Balaban J connectivity index is 2.09. The predicted molar refractivity (Wildman–Crippen MR) is 70.5 cm³/mol. The molecule has 0 bridgehead atoms. The van der Waals surface area contributed by atoms with Gasteiger partial charge in [-0.1, -0.05) is 0 Å². The van der Waals surface area contributed by atoms with Gasteiger partial charge in [-0.15, -0.1) is 0 Å². The zero-order valence-electron chi connectivity index (χ0n) is 11.7. The lowest BCUT2D eigenvalue weighted by molar-refractivity contribution is -0.0455. The topological polar surface area (TPSA) is 49.9 Å². The molecule has 1 saturated carbocycles. The van der Waals surface area contributed by atoms with Gasteiger partial charge >= 0.3 is 0 Å². The molecule has 5 nitrogen and oxygen atoms in total. The second kappa shape index (κ2) is 5.07. The van der Waals surface area contributed by atoms with Gasteiger partial charge in [-0.25, -0.2) is 0 Å². The molecular formula is C12H24N2O3S. The van der Waals surface area contributed by atoms with Crippen LogP contribution in [-0.2, 0) is 14.9 Å². The lowest BCUT2D eigenvalue weighted by atomic mass is 10.2. The third-order valence-corrected chi connectivity index (χ3v) is 5.97. The van der Waals surface area contributed by atoms with Crippen LogP contribution in [0.5, 0.6) is 0 Å². The Morgan fingerprint density at radius 3 is 2.17 bits per heavy atom. The summed E-state index contributed by atoms with van der Waals surface area (Å²) in [5, 5.41) is 0. The van der Waals surface area contributed by atoms with Crippen LogP contribution in [0.15, 0.2) is 0 Å². The average Bonchev–Trinajstić information content (AvgIpc) is 3.09. The van der Waals surface area contributed by atoms with Gasteiger partial charge in [0.05, 0.1) is 12.2 Å². The number of rotatable bonds is 4. The summed E-state index contributed by atoms with van der Waals surface area (Å²) < 4.78 is 33.8. The number of morpholine rings is 1. The molecule has 6 heteroatoms. The van der Waals surface area contributed by atoms with E-state index >= 15 is 0 Å². The molecule has 1 aliphatic heterocycles. The monoisotopic (exact) mass is 276 g/mol. The molecule has 1 saturated heterocycles. The summed E-state index contributed by atoms with van der Waals surface area (Å²) in [4.78, 5) is 0. The van der Waals surface area contributed by atoms with E-state index in [0.717, 1.165) is 12.8 Å². The van der Waals surface area contributed by atoms with Crippen LogP contribution in [0, 0.1) is 5.92 Å². The Morgan fingerprint density at radius 1 is 1.22 bits per heavy atom. The molecule has 3 atom stereocenters. The average molecular weight is 276 g/mol. The second-order valence-electron chi connectivity index (χ2n) is 5.68. The molecule has 0 aromatic heterocycles. The fraction of sp³-hybridized carbons (Fsp3) is 1.00. The molecule has 0 N–H and O–H groups in total. The van der Waals surface area contributed by atoms with E-state index in [1.54, 1.807) is 11.4 Å². The number of nitrogens with zero attached hydrogens (tertiary/aromatic N) is 2. The van der Waals surface area contributed by atoms with Crippen LogP contribution < -0.4 is 0 Å². The van der Waals surface area contributed by atoms with Crippen molar-refractivity contribution in [3.63, 3.8) is 0 Å². The van der Waals surface area contributed by atoms with E-state index in [4.69, 9.17) is 4.74 Å². The predicted octanol–water partition coefficient (Wildman–Crippen LogP) is 1.07. The van der Waals surface area contributed by atoms with Gasteiger partial charge in [0, 0.05) is 26.2 Å². The summed E-state index contributed by atoms with van der Waals surface area (Å²) in [6.07, 6.45) is 2.23. The molecule has 0 spiro atoms. The van der Waals surface area contributed by atoms with E-state index in [9.17, 15) is 8.42 Å². The van der Waals surface area contributed by atoms with Crippen molar-refractivity contribution >= 4 is 10.2 Å². The van der Waals surface area contributed by atoms with Gasteiger partial charge in [-0.2, -0.15) is 17.0 Å². The first kappa shape index (κ1) is 14.2. The Labute approximate surface area is 110 Å². The van der Waals surface area contributed by atoms with Crippen molar-refractivity contribution in [3.8, 4) is 0 Å². The number of ether oxygens (including phenoxy) is 1. The molecular weight excluding hydrogens is 252 g/mol. The summed E-state index contributed by atoms with van der Waals surface area (Å²) in [7, 11) is -1.65. The molecule has 2 fully saturated rings. The highest BCUT2D eigenvalue weighted by Gasteiger charge is 2.40. The zero-order valence-corrected chi connectivity index (χ0v) is 12.5. The molecule has 2 aliphatic rings. The van der Waals surface area contributed by atoms with Gasteiger partial charge in [0.15, 0.2) is 0 Å². The van der Waals surface area contributed by atoms with Crippen LogP contribution in [0.3, 0.4) is 0 Å². The van der Waals surface area contributed by atoms with Gasteiger partial charge < -0.3 is 4.74 Å². The third kappa shape index (κ3) is 2.87. The highest BCUT2D eigenvalue weighted by atomic mass is 32.2. The Morgan fingerprint density at radius 2 is 1.72 bits per heavy atom. The van der Waals surface area contributed by atoms with E-state index in [1.807, 2.05) is 20.8 Å². The summed E-state index contributed by atoms with van der Waals surface area (Å²) in [6, 6.07) is 0.100. The van der Waals surface area contributed by atoms with Gasteiger partial charge in [-0.05, 0) is 39.5 Å². The van der Waals surface area contributed by atoms with E-state index in [-0.39, 0.29) is 18.2 Å². The van der Waals surface area contributed by atoms with Crippen molar-refractivity contribution in [1.82, 2.24) is 8.61 Å². The van der Waals surface area contributed by atoms with Gasteiger partial charge in [0.25, 0.3) is 10.2 Å². The summed E-state index contributed by atoms with van der Waals surface area (Å²) in [6.45, 7) is 6.75. The molecule has 3 unspecified atom stereocenters. The number of hydrogen-bond donors (Lipinski definition) is 0. The van der Waals surface area contributed by atoms with Crippen LogP contribution in [0.4, 0.5) is 0 Å². The van der Waals surface area contributed by atoms with Gasteiger partial charge in [0.1, 0.15) is 0 Å². The maximum Gasteiger partial charge on any atom is 0.282 e. The second-order valence-corrected chi connectivity index (χ2v) is 7.66. The quantitative estimate of drug-likeness (QED) is 0.772. The van der Waals surface area contributed by atoms with Gasteiger partial charge in [0.2, 0.25) is 0 Å². The zero-order chi connectivity index (χ0) is 13.5. The van der Waals surface area contributed by atoms with Crippen LogP contribution in [0.2, 0.25) is 0 Å². The molecule has 1 aliphatic carbocycles. The normalized spacial score (nSPS) is 32.7. The first-order valence-corrected chi connectivity index (χ1v) is 8.10. The molecule has 2 rings (SSSR count). The molecule has 106 valence electrons. The minimum absolute atomic E-state index is 0.0341. The SMILES string of the molecule is CC1CN(S(=O)(=O)N(C)C(C)C2CC2)CC(C)O1. The van der Waals surface area contributed by atoms with Crippen LogP contribution in [-0.4, -0.2) is 55.4 Å². The summed E-state index contributed by atoms with van der Waals surface area (Å²) in [5.74, 6) is 0.542. The Hall–Kier alpha value is -0.170. The third-order valence-electron chi connectivity index (χ3n) is 3.95. The summed E-state index contributed by atoms with van der Waals surface area (Å²) in [5.41, 5.74) is 0. The van der Waals surface area contributed by atoms with Gasteiger partial charge in [-0.3, -0.25) is 0 Å². The van der Waals surface area contributed by atoms with E-state index in [2.05, 4.69) is 0 Å². The highest BCUT2D eigenvalue weighted by molar-refractivity contribution is 7.86. The minimum Gasteiger partial charge on any atom is -0.373 e. The van der Waals surface area contributed by atoms with Crippen molar-refractivity contribution in [2.45, 2.75) is 51.9 Å². The standard InChI is InChI=1S/C12H24N2O3S/c1-9-7-14(8-10(2)17-9)18(15,16)13(4)11(3)12-5-6-12/h9-12H,5-8H2,1-4H3. The Kier molecular flexibility index (Phi) is 4.02. The van der Waals surface area contributed by atoms with Crippen molar-refractivity contribution in [3.05, 3.63) is 0 Å². The maximum absolute atomic E-state index is 12.5. The van der Waals surface area contributed by atoms with Crippen LogP contribution in [0.1, 0.15) is 33.6 Å². The van der Waals surface area contributed by atoms with Crippen molar-refractivity contribution in [2.24, 2.45) is 5.92 Å². The molecule has 0 amide bonds. The molecule has 0 aromatic carbocycles. The lowest BCUT2D eigenvalue weighted by Crippen LogP contribution is -2.54. The first-order valence-electron chi connectivity index (χ1n) is 6.71. The van der Waals surface area contributed by atoms with E-state index < -0.39 is 10.2 Å².